The molecule has 2 aliphatic carbocycles. The van der Waals surface area contributed by atoms with Crippen molar-refractivity contribution in [1.82, 2.24) is 0 Å². The van der Waals surface area contributed by atoms with Gasteiger partial charge < -0.3 is 14.2 Å². The van der Waals surface area contributed by atoms with Crippen LogP contribution in [0.2, 0.25) is 5.02 Å². The summed E-state index contributed by atoms with van der Waals surface area (Å²) in [6, 6.07) is 13.2. The lowest BCUT2D eigenvalue weighted by atomic mass is 9.69. The van der Waals surface area contributed by atoms with Gasteiger partial charge in [-0.3, -0.25) is 14.6 Å². The van der Waals surface area contributed by atoms with Gasteiger partial charge in [-0.15, -0.1) is 0 Å². The standard InChI is InChI=1S/C31H34ClNO5/c1-18-28(31(35)38-21-9-5-4-6-10-21)29(22-11-7-8-12-23(22)32)30-24(33-18)15-20(16-25(30)34)19-13-14-26(36-2)27(17-19)37-3/h7-8,11-14,17,20-21,28-29H,4-6,9-10,15-16H2,1-3H3. The Morgan fingerprint density at radius 2 is 1.71 bits per heavy atom. The zero-order chi connectivity index (χ0) is 26.8. The molecule has 2 aromatic carbocycles. The van der Waals surface area contributed by atoms with Crippen LogP contribution >= 0.6 is 11.6 Å². The Bertz CT molecular complexity index is 1290. The number of benzene rings is 2. The summed E-state index contributed by atoms with van der Waals surface area (Å²) in [5.41, 5.74) is 3.73. The van der Waals surface area contributed by atoms with Crippen LogP contribution in [0.4, 0.5) is 0 Å². The van der Waals surface area contributed by atoms with Crippen LogP contribution in [0.25, 0.3) is 0 Å². The molecule has 1 saturated carbocycles. The smallest absolute Gasteiger partial charge is 0.315 e. The molecule has 200 valence electrons. The Hall–Kier alpha value is -3.12. The SMILES string of the molecule is COc1ccc(C2CC(=O)C3=C(C2)N=C(C)C(C(=O)OC2CCCCC2)C3c2ccccc2Cl)cc1OC. The van der Waals surface area contributed by atoms with E-state index >= 15 is 0 Å². The molecule has 1 fully saturated rings. The van der Waals surface area contributed by atoms with Crippen LogP contribution in [-0.4, -0.2) is 37.8 Å². The number of Topliss-reactive ketones (excluding diaryl/α,β-unsaturated/α-hetero) is 1. The average Bonchev–Trinajstić information content (AvgIpc) is 2.92. The molecule has 5 rings (SSSR count). The highest BCUT2D eigenvalue weighted by atomic mass is 35.5. The van der Waals surface area contributed by atoms with Crippen molar-refractivity contribution in [2.45, 2.75) is 69.8 Å². The zero-order valence-corrected chi connectivity index (χ0v) is 22.9. The summed E-state index contributed by atoms with van der Waals surface area (Å²) in [7, 11) is 3.20. The van der Waals surface area contributed by atoms with Crippen molar-refractivity contribution in [3.63, 3.8) is 0 Å². The molecule has 0 saturated heterocycles. The van der Waals surface area contributed by atoms with Crippen molar-refractivity contribution in [2.24, 2.45) is 10.9 Å². The number of hydrogen-bond acceptors (Lipinski definition) is 6. The highest BCUT2D eigenvalue weighted by Crippen LogP contribution is 2.49. The third-order valence-electron chi connectivity index (χ3n) is 8.10. The second-order valence-corrected chi connectivity index (χ2v) is 10.8. The third kappa shape index (κ3) is 5.11. The quantitative estimate of drug-likeness (QED) is 0.380. The van der Waals surface area contributed by atoms with E-state index < -0.39 is 11.8 Å². The largest absolute Gasteiger partial charge is 0.493 e. The molecule has 0 N–H and O–H groups in total. The van der Waals surface area contributed by atoms with Gasteiger partial charge in [0.2, 0.25) is 0 Å². The molecule has 3 atom stereocenters. The van der Waals surface area contributed by atoms with Crippen LogP contribution in [-0.2, 0) is 14.3 Å². The molecule has 3 unspecified atom stereocenters. The fraction of sp³-hybridized carbons (Fsp3) is 0.452. The number of carbonyl (C=O) groups is 2. The first kappa shape index (κ1) is 26.5. The number of esters is 1. The summed E-state index contributed by atoms with van der Waals surface area (Å²) in [4.78, 5) is 32.4. The first-order valence-corrected chi connectivity index (χ1v) is 13.8. The minimum Gasteiger partial charge on any atom is -0.493 e. The van der Waals surface area contributed by atoms with Gasteiger partial charge >= 0.3 is 5.97 Å². The van der Waals surface area contributed by atoms with E-state index in [1.54, 1.807) is 14.2 Å². The molecule has 2 aromatic rings. The number of hydrogen-bond donors (Lipinski definition) is 0. The average molecular weight is 536 g/mol. The van der Waals surface area contributed by atoms with Gasteiger partial charge in [0.25, 0.3) is 0 Å². The van der Waals surface area contributed by atoms with E-state index in [1.165, 1.54) is 6.42 Å². The molecule has 6 nitrogen and oxygen atoms in total. The molecule has 1 heterocycles. The lowest BCUT2D eigenvalue weighted by molar-refractivity contribution is -0.153. The van der Waals surface area contributed by atoms with E-state index in [9.17, 15) is 9.59 Å². The van der Waals surface area contributed by atoms with Gasteiger partial charge in [0.15, 0.2) is 17.3 Å². The molecular weight excluding hydrogens is 502 g/mol. The number of aliphatic imine (C=N–C) groups is 1. The van der Waals surface area contributed by atoms with Crippen molar-refractivity contribution < 1.29 is 23.8 Å². The van der Waals surface area contributed by atoms with Crippen LogP contribution in [0.5, 0.6) is 11.5 Å². The first-order valence-electron chi connectivity index (χ1n) is 13.4. The number of methoxy groups -OCH3 is 2. The topological polar surface area (TPSA) is 74.2 Å². The number of rotatable bonds is 6. The predicted octanol–water partition coefficient (Wildman–Crippen LogP) is 6.81. The number of allylic oxidation sites excluding steroid dienone is 2. The van der Waals surface area contributed by atoms with Crippen LogP contribution in [0.15, 0.2) is 58.7 Å². The summed E-state index contributed by atoms with van der Waals surface area (Å²) in [5, 5.41) is 0.532. The molecule has 7 heteroatoms. The van der Waals surface area contributed by atoms with Crippen molar-refractivity contribution in [1.29, 1.82) is 0 Å². The van der Waals surface area contributed by atoms with E-state index in [1.807, 2.05) is 49.4 Å². The fourth-order valence-corrected chi connectivity index (χ4v) is 6.44. The lowest BCUT2D eigenvalue weighted by Gasteiger charge is -2.37. The second-order valence-electron chi connectivity index (χ2n) is 10.4. The Morgan fingerprint density at radius 3 is 2.42 bits per heavy atom. The van der Waals surface area contributed by atoms with Crippen LogP contribution < -0.4 is 9.47 Å². The van der Waals surface area contributed by atoms with E-state index in [2.05, 4.69) is 0 Å². The summed E-state index contributed by atoms with van der Waals surface area (Å²) < 4.78 is 16.9. The van der Waals surface area contributed by atoms with Crippen molar-refractivity contribution in [3.05, 3.63) is 69.9 Å². The minimum absolute atomic E-state index is 0.0114. The van der Waals surface area contributed by atoms with E-state index in [0.717, 1.165) is 42.5 Å². The predicted molar refractivity (Wildman–Crippen MR) is 147 cm³/mol. The van der Waals surface area contributed by atoms with Gasteiger partial charge in [0.05, 0.1) is 14.2 Å². The van der Waals surface area contributed by atoms with Gasteiger partial charge in [-0.25, -0.2) is 0 Å². The summed E-state index contributed by atoms with van der Waals surface area (Å²) in [6.07, 6.45) is 5.88. The van der Waals surface area contributed by atoms with Gasteiger partial charge in [-0.2, -0.15) is 0 Å². The van der Waals surface area contributed by atoms with Crippen LogP contribution in [0, 0.1) is 5.92 Å². The second kappa shape index (κ2) is 11.3. The minimum atomic E-state index is -0.683. The molecule has 0 spiro atoms. The van der Waals surface area contributed by atoms with Crippen LogP contribution in [0.1, 0.15) is 74.8 Å². The van der Waals surface area contributed by atoms with Gasteiger partial charge in [-0.1, -0.05) is 42.3 Å². The molecule has 0 aromatic heterocycles. The molecule has 0 bridgehead atoms. The summed E-state index contributed by atoms with van der Waals surface area (Å²) in [5.74, 6) is -0.325. The Morgan fingerprint density at radius 1 is 0.974 bits per heavy atom. The van der Waals surface area contributed by atoms with Crippen molar-refractivity contribution in [2.75, 3.05) is 14.2 Å². The fourth-order valence-electron chi connectivity index (χ4n) is 6.19. The van der Waals surface area contributed by atoms with Crippen molar-refractivity contribution in [3.8, 4) is 11.5 Å². The van der Waals surface area contributed by atoms with E-state index in [-0.39, 0.29) is 23.8 Å². The van der Waals surface area contributed by atoms with Crippen molar-refractivity contribution >= 4 is 29.1 Å². The Labute approximate surface area is 229 Å². The normalized spacial score (nSPS) is 23.9. The molecular formula is C31H34ClNO5. The third-order valence-corrected chi connectivity index (χ3v) is 8.44. The van der Waals surface area contributed by atoms with Gasteiger partial charge in [-0.05, 0) is 74.3 Å². The van der Waals surface area contributed by atoms with Gasteiger partial charge in [0, 0.05) is 34.3 Å². The number of ether oxygens (including phenoxy) is 3. The molecule has 3 aliphatic rings. The van der Waals surface area contributed by atoms with Crippen LogP contribution in [0.3, 0.4) is 0 Å². The van der Waals surface area contributed by atoms with Gasteiger partial charge in [0.1, 0.15) is 12.0 Å². The molecule has 1 aliphatic heterocycles. The maximum atomic E-state index is 13.9. The zero-order valence-electron chi connectivity index (χ0n) is 22.2. The lowest BCUT2D eigenvalue weighted by Crippen LogP contribution is -2.39. The summed E-state index contributed by atoms with van der Waals surface area (Å²) in [6.45, 7) is 1.87. The van der Waals surface area contributed by atoms with E-state index in [0.29, 0.717) is 40.6 Å². The number of carbonyl (C=O) groups excluding carboxylic acids is 2. The summed E-state index contributed by atoms with van der Waals surface area (Å²) >= 11 is 6.68. The maximum absolute atomic E-state index is 13.9. The number of ketones is 1. The molecule has 0 radical (unpaired) electrons. The first-order chi connectivity index (χ1) is 18.4. The molecule has 0 amide bonds. The highest BCUT2D eigenvalue weighted by molar-refractivity contribution is 6.31. The molecule has 38 heavy (non-hydrogen) atoms. The monoisotopic (exact) mass is 535 g/mol. The number of halogens is 1. The highest BCUT2D eigenvalue weighted by Gasteiger charge is 2.46. The Kier molecular flexibility index (Phi) is 7.89. The van der Waals surface area contributed by atoms with E-state index in [4.69, 9.17) is 30.8 Å². The Balaban J connectivity index is 1.52. The number of nitrogens with zero attached hydrogens (tertiary/aromatic N) is 1. The maximum Gasteiger partial charge on any atom is 0.315 e.